The molecule has 1 fully saturated rings. The van der Waals surface area contributed by atoms with E-state index in [-0.39, 0.29) is 18.5 Å². The third kappa shape index (κ3) is 2.57. The molecule has 5 heteroatoms. The molecule has 3 amide bonds. The zero-order chi connectivity index (χ0) is 15.7. The molecule has 0 unspecified atom stereocenters. The molecule has 1 aliphatic heterocycles. The van der Waals surface area contributed by atoms with E-state index in [4.69, 9.17) is 11.6 Å². The summed E-state index contributed by atoms with van der Waals surface area (Å²) < 4.78 is 0. The Morgan fingerprint density at radius 3 is 2.27 bits per heavy atom. The fraction of sp³-hybridized carbons (Fsp3) is 0.176. The molecule has 1 heterocycles. The number of nitrogens with zero attached hydrogens (tertiary/aromatic N) is 2. The van der Waals surface area contributed by atoms with Crippen molar-refractivity contribution < 1.29 is 9.59 Å². The molecule has 0 N–H and O–H groups in total. The standard InChI is InChI=1S/C17H15ClN2O2/c1-12-16(21)19(11-13-5-3-2-4-6-13)17(22)20(12)15-9-7-14(18)8-10-15/h2-10,12H,11H2,1H3/t12-/m0/s1. The average Bonchev–Trinajstić information content (AvgIpc) is 2.73. The van der Waals surface area contributed by atoms with Crippen LogP contribution in [0, 0.1) is 0 Å². The van der Waals surface area contributed by atoms with Gasteiger partial charge in [-0.05, 0) is 36.8 Å². The number of anilines is 1. The Kier molecular flexibility index (Phi) is 3.86. The summed E-state index contributed by atoms with van der Waals surface area (Å²) >= 11 is 5.87. The quantitative estimate of drug-likeness (QED) is 0.811. The molecule has 2 aromatic carbocycles. The van der Waals surface area contributed by atoms with Crippen LogP contribution >= 0.6 is 11.6 Å². The van der Waals surface area contributed by atoms with Crippen LogP contribution in [0.3, 0.4) is 0 Å². The molecule has 0 saturated carbocycles. The Morgan fingerprint density at radius 1 is 1.00 bits per heavy atom. The molecule has 22 heavy (non-hydrogen) atoms. The van der Waals surface area contributed by atoms with Crippen molar-refractivity contribution in [2.24, 2.45) is 0 Å². The first kappa shape index (κ1) is 14.6. The van der Waals surface area contributed by atoms with E-state index < -0.39 is 6.04 Å². The van der Waals surface area contributed by atoms with E-state index in [1.807, 2.05) is 30.3 Å². The summed E-state index contributed by atoms with van der Waals surface area (Å²) in [6.45, 7) is 2.02. The Bertz CT molecular complexity index is 700. The smallest absolute Gasteiger partial charge is 0.282 e. The normalized spacial score (nSPS) is 18.2. The van der Waals surface area contributed by atoms with Crippen LogP contribution in [0.5, 0.6) is 0 Å². The maximum absolute atomic E-state index is 12.6. The minimum Gasteiger partial charge on any atom is -0.282 e. The molecule has 3 rings (SSSR count). The lowest BCUT2D eigenvalue weighted by Crippen LogP contribution is -2.33. The van der Waals surface area contributed by atoms with Crippen LogP contribution in [0.1, 0.15) is 12.5 Å². The first-order valence-electron chi connectivity index (χ1n) is 7.02. The fourth-order valence-corrected chi connectivity index (χ4v) is 2.70. The molecule has 112 valence electrons. The molecule has 0 bridgehead atoms. The van der Waals surface area contributed by atoms with Crippen LogP contribution in [-0.2, 0) is 11.3 Å². The Hall–Kier alpha value is -2.33. The lowest BCUT2D eigenvalue weighted by molar-refractivity contribution is -0.127. The Morgan fingerprint density at radius 2 is 1.64 bits per heavy atom. The van der Waals surface area contributed by atoms with E-state index in [1.54, 1.807) is 31.2 Å². The number of carbonyl (C=O) groups is 2. The summed E-state index contributed by atoms with van der Waals surface area (Å²) in [4.78, 5) is 27.8. The monoisotopic (exact) mass is 314 g/mol. The fourth-order valence-electron chi connectivity index (χ4n) is 2.57. The summed E-state index contributed by atoms with van der Waals surface area (Å²) in [5.41, 5.74) is 1.60. The summed E-state index contributed by atoms with van der Waals surface area (Å²) in [5.74, 6) is -0.191. The van der Waals surface area contributed by atoms with E-state index in [0.717, 1.165) is 5.56 Å². The SMILES string of the molecule is C[C@H]1C(=O)N(Cc2ccccc2)C(=O)N1c1ccc(Cl)cc1. The highest BCUT2D eigenvalue weighted by Crippen LogP contribution is 2.27. The predicted molar refractivity (Wildman–Crippen MR) is 85.8 cm³/mol. The lowest BCUT2D eigenvalue weighted by Gasteiger charge is -2.19. The zero-order valence-corrected chi connectivity index (χ0v) is 12.8. The second-order valence-corrected chi connectivity index (χ2v) is 5.65. The highest BCUT2D eigenvalue weighted by Gasteiger charge is 2.43. The van der Waals surface area contributed by atoms with Crippen molar-refractivity contribution in [1.29, 1.82) is 0 Å². The number of urea groups is 1. The van der Waals surface area contributed by atoms with E-state index in [1.165, 1.54) is 9.80 Å². The van der Waals surface area contributed by atoms with Gasteiger partial charge in [-0.2, -0.15) is 0 Å². The summed E-state index contributed by atoms with van der Waals surface area (Å²) in [7, 11) is 0. The molecular formula is C17H15ClN2O2. The first-order valence-corrected chi connectivity index (χ1v) is 7.40. The number of amides is 3. The van der Waals surface area contributed by atoms with Gasteiger partial charge in [-0.3, -0.25) is 14.6 Å². The third-order valence-electron chi connectivity index (χ3n) is 3.74. The molecular weight excluding hydrogens is 300 g/mol. The van der Waals surface area contributed by atoms with Crippen molar-refractivity contribution in [2.45, 2.75) is 19.5 Å². The van der Waals surface area contributed by atoms with Crippen LogP contribution < -0.4 is 4.90 Å². The molecule has 1 aliphatic rings. The molecule has 0 spiro atoms. The average molecular weight is 315 g/mol. The lowest BCUT2D eigenvalue weighted by atomic mass is 10.2. The van der Waals surface area contributed by atoms with Crippen molar-refractivity contribution in [3.63, 3.8) is 0 Å². The van der Waals surface area contributed by atoms with Crippen molar-refractivity contribution in [1.82, 2.24) is 4.90 Å². The molecule has 0 aromatic heterocycles. The summed E-state index contributed by atoms with van der Waals surface area (Å²) in [6.07, 6.45) is 0. The highest BCUT2D eigenvalue weighted by atomic mass is 35.5. The number of hydrogen-bond acceptors (Lipinski definition) is 2. The van der Waals surface area contributed by atoms with Crippen LogP contribution in [0.15, 0.2) is 54.6 Å². The maximum Gasteiger partial charge on any atom is 0.332 e. The number of carbonyl (C=O) groups excluding carboxylic acids is 2. The van der Waals surface area contributed by atoms with Crippen LogP contribution in [0.25, 0.3) is 0 Å². The predicted octanol–water partition coefficient (Wildman–Crippen LogP) is 3.70. The number of imide groups is 1. The summed E-state index contributed by atoms with van der Waals surface area (Å²) in [5, 5.41) is 0.593. The van der Waals surface area contributed by atoms with Gasteiger partial charge in [0.15, 0.2) is 0 Å². The second-order valence-electron chi connectivity index (χ2n) is 5.21. The van der Waals surface area contributed by atoms with Gasteiger partial charge in [-0.15, -0.1) is 0 Å². The van der Waals surface area contributed by atoms with Gasteiger partial charge in [0.05, 0.1) is 6.54 Å². The Balaban J connectivity index is 1.87. The zero-order valence-electron chi connectivity index (χ0n) is 12.1. The minimum atomic E-state index is -0.516. The third-order valence-corrected chi connectivity index (χ3v) is 3.99. The van der Waals surface area contributed by atoms with Gasteiger partial charge in [-0.1, -0.05) is 41.9 Å². The second kappa shape index (κ2) is 5.81. The van der Waals surface area contributed by atoms with E-state index in [0.29, 0.717) is 10.7 Å². The minimum absolute atomic E-state index is 0.191. The summed E-state index contributed by atoms with van der Waals surface area (Å²) in [6, 6.07) is 15.6. The van der Waals surface area contributed by atoms with Crippen LogP contribution in [0.2, 0.25) is 5.02 Å². The molecule has 0 aliphatic carbocycles. The molecule has 1 atom stereocenters. The highest BCUT2D eigenvalue weighted by molar-refractivity contribution is 6.30. The molecule has 0 radical (unpaired) electrons. The molecule has 1 saturated heterocycles. The van der Waals surface area contributed by atoms with Gasteiger partial charge >= 0.3 is 6.03 Å². The number of benzene rings is 2. The van der Waals surface area contributed by atoms with Gasteiger partial charge in [-0.25, -0.2) is 4.79 Å². The van der Waals surface area contributed by atoms with Gasteiger partial charge < -0.3 is 0 Å². The number of halogens is 1. The maximum atomic E-state index is 12.6. The molecule has 4 nitrogen and oxygen atoms in total. The van der Waals surface area contributed by atoms with Crippen molar-refractivity contribution >= 4 is 29.2 Å². The number of rotatable bonds is 3. The van der Waals surface area contributed by atoms with Gasteiger partial charge in [0, 0.05) is 10.7 Å². The topological polar surface area (TPSA) is 40.6 Å². The van der Waals surface area contributed by atoms with Gasteiger partial charge in [0.1, 0.15) is 6.04 Å². The van der Waals surface area contributed by atoms with E-state index in [9.17, 15) is 9.59 Å². The number of hydrogen-bond donors (Lipinski definition) is 0. The van der Waals surface area contributed by atoms with Gasteiger partial charge in [0.25, 0.3) is 5.91 Å². The first-order chi connectivity index (χ1) is 10.6. The van der Waals surface area contributed by atoms with Crippen molar-refractivity contribution in [3.05, 3.63) is 65.2 Å². The van der Waals surface area contributed by atoms with Crippen LogP contribution in [0.4, 0.5) is 10.5 Å². The molecule has 2 aromatic rings. The van der Waals surface area contributed by atoms with E-state index >= 15 is 0 Å². The van der Waals surface area contributed by atoms with E-state index in [2.05, 4.69) is 0 Å². The largest absolute Gasteiger partial charge is 0.332 e. The van der Waals surface area contributed by atoms with Crippen molar-refractivity contribution in [2.75, 3.05) is 4.90 Å². The van der Waals surface area contributed by atoms with Crippen molar-refractivity contribution in [3.8, 4) is 0 Å². The van der Waals surface area contributed by atoms with Gasteiger partial charge in [0.2, 0.25) is 0 Å². The Labute approximate surface area is 133 Å². The van der Waals surface area contributed by atoms with Crippen LogP contribution in [-0.4, -0.2) is 22.9 Å².